The molecule has 0 amide bonds. The molecule has 1 saturated heterocycles. The van der Waals surface area contributed by atoms with Crippen LogP contribution in [0.2, 0.25) is 0 Å². The molecule has 2 unspecified atom stereocenters. The van der Waals surface area contributed by atoms with Crippen molar-refractivity contribution in [1.82, 2.24) is 4.90 Å². The average molecular weight is 255 g/mol. The number of hydrogen-bond acceptors (Lipinski definition) is 2. The van der Waals surface area contributed by atoms with Crippen LogP contribution in [0, 0.1) is 0 Å². The first kappa shape index (κ1) is 14.5. The SMILES string of the molecule is CCC(N)C1CCCCN1C(=S)S.Cl. The van der Waals surface area contributed by atoms with Crippen molar-refractivity contribution < 1.29 is 0 Å². The van der Waals surface area contributed by atoms with Crippen molar-refractivity contribution in [3.05, 3.63) is 0 Å². The second-order valence-electron chi connectivity index (χ2n) is 3.61. The molecule has 1 rings (SSSR count). The zero-order valence-electron chi connectivity index (χ0n) is 8.48. The minimum atomic E-state index is 0. The highest BCUT2D eigenvalue weighted by Gasteiger charge is 2.27. The summed E-state index contributed by atoms with van der Waals surface area (Å²) in [6.45, 7) is 3.15. The molecule has 2 nitrogen and oxygen atoms in total. The molecule has 14 heavy (non-hydrogen) atoms. The number of rotatable bonds is 2. The number of thiol groups is 1. The topological polar surface area (TPSA) is 29.3 Å². The molecule has 1 aliphatic rings. The van der Waals surface area contributed by atoms with Gasteiger partial charge in [0.25, 0.3) is 0 Å². The summed E-state index contributed by atoms with van der Waals surface area (Å²) in [5, 5.41) is 0. The predicted octanol–water partition coefficient (Wildman–Crippen LogP) is 2.21. The van der Waals surface area contributed by atoms with E-state index in [0.717, 1.165) is 19.4 Å². The van der Waals surface area contributed by atoms with Crippen molar-refractivity contribution in [3.63, 3.8) is 0 Å². The van der Waals surface area contributed by atoms with Crippen molar-refractivity contribution in [2.24, 2.45) is 5.73 Å². The Morgan fingerprint density at radius 3 is 2.79 bits per heavy atom. The first-order valence-electron chi connectivity index (χ1n) is 4.92. The van der Waals surface area contributed by atoms with E-state index in [4.69, 9.17) is 18.0 Å². The zero-order valence-corrected chi connectivity index (χ0v) is 11.0. The minimum Gasteiger partial charge on any atom is -0.353 e. The van der Waals surface area contributed by atoms with Crippen molar-refractivity contribution in [3.8, 4) is 0 Å². The summed E-state index contributed by atoms with van der Waals surface area (Å²) < 4.78 is 0.702. The summed E-state index contributed by atoms with van der Waals surface area (Å²) in [4.78, 5) is 2.18. The highest BCUT2D eigenvalue weighted by atomic mass is 35.5. The van der Waals surface area contributed by atoms with Gasteiger partial charge in [-0.3, -0.25) is 0 Å². The Kier molecular flexibility index (Phi) is 7.12. The van der Waals surface area contributed by atoms with Crippen molar-refractivity contribution in [2.75, 3.05) is 6.54 Å². The van der Waals surface area contributed by atoms with Crippen LogP contribution in [0.3, 0.4) is 0 Å². The maximum atomic E-state index is 6.04. The molecule has 1 fully saturated rings. The molecule has 5 heteroatoms. The van der Waals surface area contributed by atoms with Gasteiger partial charge in [-0.2, -0.15) is 0 Å². The van der Waals surface area contributed by atoms with Crippen LogP contribution in [0.15, 0.2) is 0 Å². The molecule has 0 aromatic rings. The number of nitrogens with zero attached hydrogens (tertiary/aromatic N) is 1. The van der Waals surface area contributed by atoms with Gasteiger partial charge in [-0.25, -0.2) is 0 Å². The Hall–Kier alpha value is 0.490. The fourth-order valence-electron chi connectivity index (χ4n) is 1.91. The fourth-order valence-corrected chi connectivity index (χ4v) is 2.39. The molecule has 1 heterocycles. The van der Waals surface area contributed by atoms with E-state index < -0.39 is 0 Å². The number of hydrogen-bond donors (Lipinski definition) is 2. The molecule has 0 saturated carbocycles. The smallest absolute Gasteiger partial charge is 0.133 e. The first-order chi connectivity index (χ1) is 6.16. The van der Waals surface area contributed by atoms with Crippen LogP contribution in [-0.4, -0.2) is 27.8 Å². The van der Waals surface area contributed by atoms with E-state index in [2.05, 4.69) is 24.5 Å². The fraction of sp³-hybridized carbons (Fsp3) is 0.889. The second-order valence-corrected chi connectivity index (χ2v) is 4.72. The number of nitrogens with two attached hydrogens (primary N) is 1. The zero-order chi connectivity index (χ0) is 9.84. The maximum absolute atomic E-state index is 6.04. The number of piperidine rings is 1. The first-order valence-corrected chi connectivity index (χ1v) is 5.77. The van der Waals surface area contributed by atoms with Gasteiger partial charge in [0.05, 0.1) is 0 Å². The molecule has 0 spiro atoms. The van der Waals surface area contributed by atoms with Gasteiger partial charge in [-0.05, 0) is 25.7 Å². The van der Waals surface area contributed by atoms with Gasteiger partial charge in [0, 0.05) is 18.6 Å². The van der Waals surface area contributed by atoms with Crippen molar-refractivity contribution >= 4 is 41.6 Å². The lowest BCUT2D eigenvalue weighted by Gasteiger charge is -2.39. The van der Waals surface area contributed by atoms with Crippen molar-refractivity contribution in [1.29, 1.82) is 0 Å². The predicted molar refractivity (Wildman–Crippen MR) is 71.4 cm³/mol. The van der Waals surface area contributed by atoms with Gasteiger partial charge < -0.3 is 10.6 Å². The quantitative estimate of drug-likeness (QED) is 0.585. The van der Waals surface area contributed by atoms with E-state index >= 15 is 0 Å². The third-order valence-electron chi connectivity index (χ3n) is 2.76. The molecular formula is C9H19ClN2S2. The lowest BCUT2D eigenvalue weighted by Crippen LogP contribution is -2.51. The van der Waals surface area contributed by atoms with Crippen LogP contribution in [0.5, 0.6) is 0 Å². The Morgan fingerprint density at radius 1 is 1.64 bits per heavy atom. The summed E-state index contributed by atoms with van der Waals surface area (Å²) in [7, 11) is 0. The standard InChI is InChI=1S/C9H18N2S2.ClH/c1-2-7(10)8-5-3-4-6-11(8)9(12)13;/h7-8H,2-6,10H2,1H3,(H,12,13);1H. The third kappa shape index (κ3) is 3.57. The van der Waals surface area contributed by atoms with Crippen LogP contribution in [0.4, 0.5) is 0 Å². The van der Waals surface area contributed by atoms with Crippen LogP contribution in [0.1, 0.15) is 32.6 Å². The summed E-state index contributed by atoms with van der Waals surface area (Å²) in [6, 6.07) is 0.661. The number of thiocarbonyl (C=S) groups is 1. The number of halogens is 1. The Balaban J connectivity index is 0.00000169. The van der Waals surface area contributed by atoms with Crippen LogP contribution in [0.25, 0.3) is 0 Å². The van der Waals surface area contributed by atoms with Gasteiger partial charge in [0.15, 0.2) is 0 Å². The van der Waals surface area contributed by atoms with Crippen LogP contribution < -0.4 is 5.73 Å². The van der Waals surface area contributed by atoms with Gasteiger partial charge >= 0.3 is 0 Å². The van der Waals surface area contributed by atoms with E-state index in [-0.39, 0.29) is 18.4 Å². The van der Waals surface area contributed by atoms with E-state index in [9.17, 15) is 0 Å². The lowest BCUT2D eigenvalue weighted by molar-refractivity contribution is 0.214. The van der Waals surface area contributed by atoms with E-state index in [0.29, 0.717) is 10.4 Å². The summed E-state index contributed by atoms with van der Waals surface area (Å²) in [6.07, 6.45) is 4.66. The molecular weight excluding hydrogens is 236 g/mol. The molecule has 0 aromatic heterocycles. The lowest BCUT2D eigenvalue weighted by atomic mass is 9.95. The molecule has 0 aliphatic carbocycles. The molecule has 0 bridgehead atoms. The molecule has 0 radical (unpaired) electrons. The Bertz CT molecular complexity index is 190. The van der Waals surface area contributed by atoms with Gasteiger partial charge in [-0.15, -0.1) is 25.0 Å². The highest BCUT2D eigenvalue weighted by molar-refractivity contribution is 8.10. The third-order valence-corrected chi connectivity index (χ3v) is 3.25. The molecule has 84 valence electrons. The summed E-state index contributed by atoms with van der Waals surface area (Å²) in [5.74, 6) is 0. The Labute approximate surface area is 103 Å². The summed E-state index contributed by atoms with van der Waals surface area (Å²) >= 11 is 9.33. The molecule has 1 aliphatic heterocycles. The molecule has 2 N–H and O–H groups in total. The maximum Gasteiger partial charge on any atom is 0.133 e. The van der Waals surface area contributed by atoms with Gasteiger partial charge in [0.1, 0.15) is 4.32 Å². The Morgan fingerprint density at radius 2 is 2.29 bits per heavy atom. The molecule has 2 atom stereocenters. The average Bonchev–Trinajstić information content (AvgIpc) is 2.16. The van der Waals surface area contributed by atoms with Crippen LogP contribution >= 0.6 is 37.3 Å². The number of likely N-dealkylation sites (tertiary alicyclic amines) is 1. The van der Waals surface area contributed by atoms with Gasteiger partial charge in [0.2, 0.25) is 0 Å². The van der Waals surface area contributed by atoms with E-state index in [1.165, 1.54) is 12.8 Å². The highest BCUT2D eigenvalue weighted by Crippen LogP contribution is 2.21. The second kappa shape index (κ2) is 6.88. The molecule has 0 aromatic carbocycles. The van der Waals surface area contributed by atoms with E-state index in [1.807, 2.05) is 0 Å². The largest absolute Gasteiger partial charge is 0.353 e. The monoisotopic (exact) mass is 254 g/mol. The summed E-state index contributed by atoms with van der Waals surface area (Å²) in [5.41, 5.74) is 6.04. The van der Waals surface area contributed by atoms with Crippen LogP contribution in [-0.2, 0) is 0 Å². The van der Waals surface area contributed by atoms with Gasteiger partial charge in [-0.1, -0.05) is 19.1 Å². The van der Waals surface area contributed by atoms with Crippen molar-refractivity contribution in [2.45, 2.75) is 44.7 Å². The van der Waals surface area contributed by atoms with E-state index in [1.54, 1.807) is 0 Å². The minimum absolute atomic E-state index is 0. The normalized spacial score (nSPS) is 23.9.